The SMILES string of the molecule is CCCCCN(CC(C)O)CC(O)CC. The van der Waals surface area contributed by atoms with Crippen molar-refractivity contribution in [1.82, 2.24) is 4.90 Å². The summed E-state index contributed by atoms with van der Waals surface area (Å²) in [5.41, 5.74) is 0. The van der Waals surface area contributed by atoms with Crippen LogP contribution in [0, 0.1) is 0 Å². The van der Waals surface area contributed by atoms with Gasteiger partial charge in [-0.25, -0.2) is 0 Å². The fourth-order valence-corrected chi connectivity index (χ4v) is 1.64. The Morgan fingerprint density at radius 3 is 2.20 bits per heavy atom. The molecule has 3 nitrogen and oxygen atoms in total. The molecule has 15 heavy (non-hydrogen) atoms. The molecule has 0 bridgehead atoms. The van der Waals surface area contributed by atoms with Gasteiger partial charge >= 0.3 is 0 Å². The van der Waals surface area contributed by atoms with Crippen molar-refractivity contribution in [2.45, 2.75) is 58.7 Å². The Balaban J connectivity index is 3.83. The number of aliphatic hydroxyl groups excluding tert-OH is 2. The lowest BCUT2D eigenvalue weighted by molar-refractivity contribution is 0.0733. The molecule has 0 aliphatic heterocycles. The molecule has 0 spiro atoms. The van der Waals surface area contributed by atoms with Crippen molar-refractivity contribution in [3.63, 3.8) is 0 Å². The van der Waals surface area contributed by atoms with Gasteiger partial charge in [0.15, 0.2) is 0 Å². The van der Waals surface area contributed by atoms with Crippen LogP contribution < -0.4 is 0 Å². The van der Waals surface area contributed by atoms with Crippen LogP contribution in [0.5, 0.6) is 0 Å². The van der Waals surface area contributed by atoms with Gasteiger partial charge in [0.2, 0.25) is 0 Å². The zero-order chi connectivity index (χ0) is 11.7. The van der Waals surface area contributed by atoms with E-state index in [4.69, 9.17) is 0 Å². The van der Waals surface area contributed by atoms with Crippen molar-refractivity contribution in [2.24, 2.45) is 0 Å². The summed E-state index contributed by atoms with van der Waals surface area (Å²) in [7, 11) is 0. The van der Waals surface area contributed by atoms with E-state index in [0.29, 0.717) is 13.1 Å². The third-order valence-corrected chi connectivity index (χ3v) is 2.54. The van der Waals surface area contributed by atoms with Gasteiger partial charge in [-0.15, -0.1) is 0 Å². The fourth-order valence-electron chi connectivity index (χ4n) is 1.64. The summed E-state index contributed by atoms with van der Waals surface area (Å²) in [6, 6.07) is 0. The number of rotatable bonds is 9. The first-order valence-electron chi connectivity index (χ1n) is 6.18. The summed E-state index contributed by atoms with van der Waals surface area (Å²) in [5, 5.41) is 18.9. The molecule has 0 heterocycles. The van der Waals surface area contributed by atoms with E-state index in [0.717, 1.165) is 19.4 Å². The van der Waals surface area contributed by atoms with Crippen molar-refractivity contribution in [1.29, 1.82) is 0 Å². The Bertz CT molecular complexity index is 140. The molecule has 0 aromatic heterocycles. The highest BCUT2D eigenvalue weighted by molar-refractivity contribution is 4.66. The fraction of sp³-hybridized carbons (Fsp3) is 1.00. The minimum atomic E-state index is -0.310. The van der Waals surface area contributed by atoms with Crippen LogP contribution in [0.1, 0.15) is 46.5 Å². The Kier molecular flexibility index (Phi) is 9.06. The Morgan fingerprint density at radius 1 is 1.07 bits per heavy atom. The van der Waals surface area contributed by atoms with Gasteiger partial charge in [-0.2, -0.15) is 0 Å². The number of aliphatic hydroxyl groups is 2. The van der Waals surface area contributed by atoms with E-state index in [1.54, 1.807) is 6.92 Å². The Hall–Kier alpha value is -0.120. The molecule has 2 atom stereocenters. The summed E-state index contributed by atoms with van der Waals surface area (Å²) in [6.45, 7) is 8.30. The quantitative estimate of drug-likeness (QED) is 0.577. The molecule has 0 amide bonds. The van der Waals surface area contributed by atoms with Gasteiger partial charge in [0.25, 0.3) is 0 Å². The second-order valence-corrected chi connectivity index (χ2v) is 4.38. The lowest BCUT2D eigenvalue weighted by Crippen LogP contribution is -2.37. The van der Waals surface area contributed by atoms with Crippen LogP contribution in [-0.2, 0) is 0 Å². The minimum Gasteiger partial charge on any atom is -0.392 e. The molecule has 0 saturated heterocycles. The van der Waals surface area contributed by atoms with Crippen LogP contribution in [0.25, 0.3) is 0 Å². The first kappa shape index (κ1) is 14.9. The molecular formula is C12H27NO2. The zero-order valence-electron chi connectivity index (χ0n) is 10.4. The standard InChI is InChI=1S/C12H27NO2/c1-4-6-7-8-13(9-11(3)14)10-12(15)5-2/h11-12,14-15H,4-10H2,1-3H3. The van der Waals surface area contributed by atoms with Crippen LogP contribution in [-0.4, -0.2) is 47.0 Å². The van der Waals surface area contributed by atoms with Gasteiger partial charge in [-0.1, -0.05) is 26.7 Å². The summed E-state index contributed by atoms with van der Waals surface area (Å²) >= 11 is 0. The molecule has 0 aromatic rings. The van der Waals surface area contributed by atoms with Crippen LogP contribution in [0.3, 0.4) is 0 Å². The highest BCUT2D eigenvalue weighted by Gasteiger charge is 2.11. The monoisotopic (exact) mass is 217 g/mol. The normalized spacial score (nSPS) is 15.6. The maximum absolute atomic E-state index is 9.57. The molecule has 2 N–H and O–H groups in total. The maximum atomic E-state index is 9.57. The van der Waals surface area contributed by atoms with Crippen LogP contribution in [0.4, 0.5) is 0 Å². The van der Waals surface area contributed by atoms with Crippen molar-refractivity contribution in [3.05, 3.63) is 0 Å². The number of hydrogen-bond donors (Lipinski definition) is 2. The maximum Gasteiger partial charge on any atom is 0.0664 e. The Labute approximate surface area is 94.1 Å². The number of unbranched alkanes of at least 4 members (excludes halogenated alkanes) is 2. The molecule has 2 unspecified atom stereocenters. The number of nitrogens with zero attached hydrogens (tertiary/aromatic N) is 1. The van der Waals surface area contributed by atoms with Gasteiger partial charge in [0.1, 0.15) is 0 Å². The summed E-state index contributed by atoms with van der Waals surface area (Å²) in [4.78, 5) is 2.16. The number of hydrogen-bond acceptors (Lipinski definition) is 3. The van der Waals surface area contributed by atoms with Crippen molar-refractivity contribution in [2.75, 3.05) is 19.6 Å². The Morgan fingerprint density at radius 2 is 1.73 bits per heavy atom. The van der Waals surface area contributed by atoms with Crippen LogP contribution >= 0.6 is 0 Å². The van der Waals surface area contributed by atoms with Crippen molar-refractivity contribution >= 4 is 0 Å². The summed E-state index contributed by atoms with van der Waals surface area (Å²) in [5.74, 6) is 0. The van der Waals surface area contributed by atoms with E-state index in [2.05, 4.69) is 11.8 Å². The topological polar surface area (TPSA) is 43.7 Å². The molecule has 0 rings (SSSR count). The minimum absolute atomic E-state index is 0.259. The predicted molar refractivity (Wildman–Crippen MR) is 63.9 cm³/mol. The molecule has 0 fully saturated rings. The largest absolute Gasteiger partial charge is 0.392 e. The van der Waals surface area contributed by atoms with Crippen molar-refractivity contribution < 1.29 is 10.2 Å². The highest BCUT2D eigenvalue weighted by atomic mass is 16.3. The first-order valence-corrected chi connectivity index (χ1v) is 6.18. The highest BCUT2D eigenvalue weighted by Crippen LogP contribution is 2.03. The van der Waals surface area contributed by atoms with E-state index >= 15 is 0 Å². The lowest BCUT2D eigenvalue weighted by atomic mass is 10.2. The van der Waals surface area contributed by atoms with Crippen LogP contribution in [0.15, 0.2) is 0 Å². The molecular weight excluding hydrogens is 190 g/mol. The van der Waals surface area contributed by atoms with Gasteiger partial charge in [-0.3, -0.25) is 4.90 Å². The molecule has 0 aromatic carbocycles. The third kappa shape index (κ3) is 8.85. The zero-order valence-corrected chi connectivity index (χ0v) is 10.4. The van der Waals surface area contributed by atoms with E-state index in [9.17, 15) is 10.2 Å². The van der Waals surface area contributed by atoms with Gasteiger partial charge in [0.05, 0.1) is 12.2 Å². The second kappa shape index (κ2) is 9.13. The third-order valence-electron chi connectivity index (χ3n) is 2.54. The van der Waals surface area contributed by atoms with E-state index < -0.39 is 0 Å². The van der Waals surface area contributed by atoms with Gasteiger partial charge < -0.3 is 10.2 Å². The smallest absolute Gasteiger partial charge is 0.0664 e. The summed E-state index contributed by atoms with van der Waals surface area (Å²) < 4.78 is 0. The summed E-state index contributed by atoms with van der Waals surface area (Å²) in [6.07, 6.45) is 3.79. The molecule has 0 aliphatic carbocycles. The lowest BCUT2D eigenvalue weighted by Gasteiger charge is -2.25. The first-order chi connectivity index (χ1) is 7.10. The van der Waals surface area contributed by atoms with E-state index in [1.165, 1.54) is 12.8 Å². The molecule has 92 valence electrons. The van der Waals surface area contributed by atoms with Gasteiger partial charge in [-0.05, 0) is 26.3 Å². The van der Waals surface area contributed by atoms with Gasteiger partial charge in [0, 0.05) is 13.1 Å². The molecule has 0 saturated carbocycles. The predicted octanol–water partition coefficient (Wildman–Crippen LogP) is 1.63. The van der Waals surface area contributed by atoms with E-state index in [1.807, 2.05) is 6.92 Å². The molecule has 3 heteroatoms. The average molecular weight is 217 g/mol. The molecule has 0 aliphatic rings. The van der Waals surface area contributed by atoms with Crippen molar-refractivity contribution in [3.8, 4) is 0 Å². The average Bonchev–Trinajstić information content (AvgIpc) is 2.17. The van der Waals surface area contributed by atoms with E-state index in [-0.39, 0.29) is 12.2 Å². The second-order valence-electron chi connectivity index (χ2n) is 4.38. The molecule has 0 radical (unpaired) electrons. The van der Waals surface area contributed by atoms with Crippen LogP contribution in [0.2, 0.25) is 0 Å².